The Labute approximate surface area is 355 Å². The predicted octanol–water partition coefficient (Wildman–Crippen LogP) is 3.22. The Balaban J connectivity index is 1.26. The van der Waals surface area contributed by atoms with Crippen LogP contribution in [-0.2, 0) is 9.59 Å². The second kappa shape index (κ2) is 21.9. The van der Waals surface area contributed by atoms with Gasteiger partial charge in [0.25, 0.3) is 5.91 Å². The number of ketones is 1. The van der Waals surface area contributed by atoms with Crippen molar-refractivity contribution >= 4 is 17.6 Å². The molecule has 14 atom stereocenters. The fourth-order valence-corrected chi connectivity index (χ4v) is 9.89. The number of likely N-dealkylation sites (tertiary alicyclic amines) is 1. The monoisotopic (exact) mass is 841 g/mol. The molecule has 4 aliphatic rings. The van der Waals surface area contributed by atoms with Crippen LogP contribution in [0.25, 0.3) is 0 Å². The van der Waals surface area contributed by atoms with Crippen molar-refractivity contribution in [3.8, 4) is 0 Å². The first-order chi connectivity index (χ1) is 28.3. The van der Waals surface area contributed by atoms with E-state index in [0.717, 1.165) is 25.0 Å². The van der Waals surface area contributed by atoms with Gasteiger partial charge < -0.3 is 56.8 Å². The van der Waals surface area contributed by atoms with Crippen molar-refractivity contribution in [3.63, 3.8) is 0 Å². The summed E-state index contributed by atoms with van der Waals surface area (Å²) in [6.45, 7) is 9.83. The summed E-state index contributed by atoms with van der Waals surface area (Å²) >= 11 is 0. The molecule has 0 radical (unpaired) electrons. The molecule has 14 nitrogen and oxygen atoms in total. The van der Waals surface area contributed by atoms with Crippen LogP contribution in [0.15, 0.2) is 71.1 Å². The summed E-state index contributed by atoms with van der Waals surface area (Å²) in [5.41, 5.74) is 5.87. The Morgan fingerprint density at radius 3 is 2.35 bits per heavy atom. The van der Waals surface area contributed by atoms with Crippen molar-refractivity contribution in [3.05, 3.63) is 71.1 Å². The topological polar surface area (TPSA) is 261 Å². The fourth-order valence-electron chi connectivity index (χ4n) is 9.89. The Morgan fingerprint density at radius 2 is 1.68 bits per heavy atom. The second-order valence-corrected chi connectivity index (χ2v) is 18.0. The molecule has 4 rings (SSSR count). The number of rotatable bonds is 19. The van der Waals surface area contributed by atoms with Crippen molar-refractivity contribution in [2.75, 3.05) is 13.1 Å². The predicted molar refractivity (Wildman–Crippen MR) is 230 cm³/mol. The first-order valence-corrected chi connectivity index (χ1v) is 21.8. The molecule has 0 bridgehead atoms. The second-order valence-electron chi connectivity index (χ2n) is 18.0. The average Bonchev–Trinajstić information content (AvgIpc) is 3.81. The summed E-state index contributed by atoms with van der Waals surface area (Å²) in [6, 6.07) is 0.0535. The highest BCUT2D eigenvalue weighted by Crippen LogP contribution is 2.58. The van der Waals surface area contributed by atoms with Gasteiger partial charge in [-0.25, -0.2) is 0 Å². The molecule has 1 saturated carbocycles. The lowest BCUT2D eigenvalue weighted by atomic mass is 9.51. The van der Waals surface area contributed by atoms with E-state index < -0.39 is 65.8 Å². The Morgan fingerprint density at radius 1 is 1.00 bits per heavy atom. The number of carbonyl (C=O) groups excluding carboxylic acids is 2. The van der Waals surface area contributed by atoms with Crippen LogP contribution in [0.1, 0.15) is 98.8 Å². The maximum atomic E-state index is 12.8. The number of guanidine groups is 1. The van der Waals surface area contributed by atoms with Gasteiger partial charge in [-0.15, -0.1) is 0 Å². The summed E-state index contributed by atoms with van der Waals surface area (Å²) in [6.07, 6.45) is 12.9. The van der Waals surface area contributed by atoms with Crippen LogP contribution in [0.4, 0.5) is 0 Å². The quantitative estimate of drug-likeness (QED) is 0.0224. The molecular formula is C46H72N4O10. The first-order valence-electron chi connectivity index (χ1n) is 21.8. The third-order valence-electron chi connectivity index (χ3n) is 13.7. The number of nitrogens with one attached hydrogen (secondary N) is 2. The number of carbonyl (C=O) groups is 2. The number of hydrogen-bond acceptors (Lipinski definition) is 11. The number of amides is 1. The summed E-state index contributed by atoms with van der Waals surface area (Å²) in [7, 11) is 0. The van der Waals surface area contributed by atoms with E-state index >= 15 is 0 Å². The van der Waals surface area contributed by atoms with Gasteiger partial charge in [0, 0.05) is 29.8 Å². The first kappa shape index (κ1) is 49.0. The molecular weight excluding hydrogens is 769 g/mol. The van der Waals surface area contributed by atoms with Crippen LogP contribution >= 0.6 is 0 Å². The van der Waals surface area contributed by atoms with Crippen molar-refractivity contribution in [1.82, 2.24) is 10.2 Å². The molecule has 2 saturated heterocycles. The smallest absolute Gasteiger partial charge is 0.258 e. The Kier molecular flexibility index (Phi) is 17.9. The molecule has 60 heavy (non-hydrogen) atoms. The molecule has 0 aromatic rings. The molecule has 0 spiro atoms. The van der Waals surface area contributed by atoms with E-state index in [9.17, 15) is 50.4 Å². The molecule has 1 amide bonds. The Hall–Kier alpha value is -3.63. The maximum absolute atomic E-state index is 12.8. The van der Waals surface area contributed by atoms with E-state index in [2.05, 4.69) is 5.32 Å². The minimum absolute atomic E-state index is 0.0272. The normalized spacial score (nSPS) is 32.2. The van der Waals surface area contributed by atoms with Crippen LogP contribution < -0.4 is 11.1 Å². The summed E-state index contributed by atoms with van der Waals surface area (Å²) in [4.78, 5) is 27.3. The number of aliphatic hydroxyl groups is 8. The molecule has 2 heterocycles. The van der Waals surface area contributed by atoms with Gasteiger partial charge in [0.2, 0.25) is 0 Å². The highest BCUT2D eigenvalue weighted by atomic mass is 16.3. The minimum atomic E-state index is -1.08. The van der Waals surface area contributed by atoms with E-state index in [1.54, 1.807) is 49.5 Å². The average molecular weight is 841 g/mol. The van der Waals surface area contributed by atoms with Crippen molar-refractivity contribution in [1.29, 1.82) is 5.41 Å². The van der Waals surface area contributed by atoms with Gasteiger partial charge in [0.15, 0.2) is 11.7 Å². The van der Waals surface area contributed by atoms with Crippen LogP contribution in [0.5, 0.6) is 0 Å². The van der Waals surface area contributed by atoms with Gasteiger partial charge in [-0.05, 0) is 101 Å². The van der Waals surface area contributed by atoms with Crippen LogP contribution in [0.3, 0.4) is 0 Å². The third-order valence-corrected chi connectivity index (χ3v) is 13.7. The lowest BCUT2D eigenvalue weighted by Gasteiger charge is -2.54. The fraction of sp³-hybridized carbons (Fsp3) is 0.674. The molecule has 3 fully saturated rings. The molecule has 2 aliphatic heterocycles. The number of fused-ring (bicyclic) bond motifs is 1. The highest BCUT2D eigenvalue weighted by Gasteiger charge is 2.56. The molecule has 0 aromatic heterocycles. The minimum Gasteiger partial charge on any atom is -0.511 e. The van der Waals surface area contributed by atoms with E-state index in [0.29, 0.717) is 44.1 Å². The summed E-state index contributed by atoms with van der Waals surface area (Å²) in [5.74, 6) is -3.01. The van der Waals surface area contributed by atoms with Crippen LogP contribution in [0.2, 0.25) is 0 Å². The number of hydrogen-bond donors (Lipinski definition) is 11. The molecule has 336 valence electrons. The van der Waals surface area contributed by atoms with E-state index in [-0.39, 0.29) is 66.4 Å². The van der Waals surface area contributed by atoms with E-state index in [1.165, 1.54) is 0 Å². The van der Waals surface area contributed by atoms with Crippen molar-refractivity contribution < 1.29 is 50.4 Å². The Bertz CT molecular complexity index is 1670. The van der Waals surface area contributed by atoms with E-state index in [4.69, 9.17) is 11.1 Å². The lowest BCUT2D eigenvalue weighted by Crippen LogP contribution is -2.53. The number of nitrogens with two attached hydrogens (primary N) is 1. The number of allylic oxidation sites excluding steroid dienone is 2. The van der Waals surface area contributed by atoms with Gasteiger partial charge in [0.1, 0.15) is 11.3 Å². The van der Waals surface area contributed by atoms with Crippen molar-refractivity contribution in [2.24, 2.45) is 40.7 Å². The zero-order valence-electron chi connectivity index (χ0n) is 36.0. The molecule has 2 aliphatic carbocycles. The summed E-state index contributed by atoms with van der Waals surface area (Å²) in [5, 5.41) is 96.8. The van der Waals surface area contributed by atoms with Crippen LogP contribution in [0, 0.1) is 40.4 Å². The number of aliphatic hydroxyl groups excluding tert-OH is 8. The number of Topliss-reactive ketones (excluding diaryl/α,β-unsaturated/α-hetero) is 1. The zero-order valence-corrected chi connectivity index (χ0v) is 36.0. The summed E-state index contributed by atoms with van der Waals surface area (Å²) < 4.78 is 0. The lowest BCUT2D eigenvalue weighted by molar-refractivity contribution is -0.118. The maximum Gasteiger partial charge on any atom is 0.258 e. The molecule has 12 N–H and O–H groups in total. The molecule has 0 unspecified atom stereocenters. The van der Waals surface area contributed by atoms with Gasteiger partial charge in [0.05, 0.1) is 49.3 Å². The highest BCUT2D eigenvalue weighted by molar-refractivity contribution is 6.25. The van der Waals surface area contributed by atoms with Crippen LogP contribution in [-0.4, -0.2) is 125 Å². The largest absolute Gasteiger partial charge is 0.511 e. The van der Waals surface area contributed by atoms with Gasteiger partial charge in [-0.3, -0.25) is 15.0 Å². The number of nitrogens with zero attached hydrogens (tertiary/aromatic N) is 1. The van der Waals surface area contributed by atoms with Crippen molar-refractivity contribution in [2.45, 2.75) is 148 Å². The van der Waals surface area contributed by atoms with E-state index in [1.807, 2.05) is 38.7 Å². The standard InChI is InChI=1S/C46H72N4O10/c1-26(37(54)13-7-11-31(51)10-6-12-33(53)24-30-9-8-22-50(30)45(47)48)14-17-32(52)18-15-27(2)41(57)28(3)16-19-35-29(4)23-34-36(20-21-38(55)42(34)58)46(35,5)43(59)40-39(56)25-49-44(40)60/h6-7,10,13-15,17,23,26,28,30-38,41-42,51-55,57-59H,8-9,11-12,16,18-22,24-25H2,1-5H3,(H3,47,48)(H,49,60)/b10-6+,13-7+,17-14+,27-15+,43-40?/t26-,28-,30-,31+,32+,33+,34-,35+,36-,37+,38+,41+,42-,46+/m0/s1. The molecule has 0 aromatic carbocycles. The SMILES string of the molecule is CC1=C[C@@H]2[C@H](O)[C@H](O)CC[C@@H]2[C@](C)(C(O)=C2C(=O)CNC2=O)[C@@H]1CC[C@H](C)[C@H](O)/C(C)=C/C[C@H](O)/C=C/[C@H](C)[C@H](O)/C=C/C[C@H](O)/C=C/C[C@@H](O)C[C@@H]1CCCN1C(=N)N. The van der Waals surface area contributed by atoms with Gasteiger partial charge >= 0.3 is 0 Å². The molecule has 14 heteroatoms. The van der Waals surface area contributed by atoms with Gasteiger partial charge in [-0.2, -0.15) is 0 Å². The van der Waals surface area contributed by atoms with Gasteiger partial charge in [-0.1, -0.05) is 75.0 Å². The zero-order chi connectivity index (χ0) is 44.5. The third kappa shape index (κ3) is 12.0.